The minimum atomic E-state index is -0.939. The van der Waals surface area contributed by atoms with Gasteiger partial charge in [0.05, 0.1) is 24.2 Å². The highest BCUT2D eigenvalue weighted by Gasteiger charge is 2.21. The molecule has 12 heteroatoms. The number of pyridine rings is 1. The lowest BCUT2D eigenvalue weighted by Gasteiger charge is -2.24. The lowest BCUT2D eigenvalue weighted by molar-refractivity contribution is -0.111. The van der Waals surface area contributed by atoms with Crippen LogP contribution in [0.4, 0.5) is 31.8 Å². The molecule has 2 aromatic heterocycles. The number of fused-ring (bicyclic) bond motifs is 1. The van der Waals surface area contributed by atoms with Gasteiger partial charge in [0.15, 0.2) is 17.3 Å². The molecule has 1 fully saturated rings. The molecule has 206 valence electrons. The van der Waals surface area contributed by atoms with Gasteiger partial charge in [-0.15, -0.1) is 0 Å². The number of methoxy groups -OCH3 is 1. The zero-order valence-electron chi connectivity index (χ0n) is 21.8. The average molecular weight is 549 g/mol. The van der Waals surface area contributed by atoms with E-state index in [9.17, 15) is 18.4 Å². The van der Waals surface area contributed by atoms with E-state index in [4.69, 9.17) is 9.47 Å². The van der Waals surface area contributed by atoms with Gasteiger partial charge in [0.1, 0.15) is 17.2 Å². The van der Waals surface area contributed by atoms with Gasteiger partial charge in [0.25, 0.3) is 5.56 Å². The number of hydrogen-bond donors (Lipinski definition) is 2. The Morgan fingerprint density at radius 1 is 1.07 bits per heavy atom. The highest BCUT2D eigenvalue weighted by atomic mass is 19.1. The predicted molar refractivity (Wildman–Crippen MR) is 148 cm³/mol. The molecule has 0 spiro atoms. The maximum atomic E-state index is 14.1. The van der Waals surface area contributed by atoms with Crippen molar-refractivity contribution >= 4 is 40.0 Å². The zero-order chi connectivity index (χ0) is 28.4. The molecule has 2 N–H and O–H groups in total. The second kappa shape index (κ2) is 11.0. The summed E-state index contributed by atoms with van der Waals surface area (Å²) >= 11 is 0. The van der Waals surface area contributed by atoms with Gasteiger partial charge in [0, 0.05) is 43.9 Å². The SMILES string of the molecule is C=CC(=O)Nc1cc(Nc2ncc3cc(Oc4ccc(F)cc4F)c(=O)n(C)c3n2)c(OC)cc1N1CCCC1. The van der Waals surface area contributed by atoms with E-state index in [1.54, 1.807) is 6.07 Å². The van der Waals surface area contributed by atoms with Crippen LogP contribution in [0.25, 0.3) is 11.0 Å². The molecule has 1 saturated heterocycles. The summed E-state index contributed by atoms with van der Waals surface area (Å²) in [4.78, 5) is 36.1. The van der Waals surface area contributed by atoms with Gasteiger partial charge < -0.3 is 25.0 Å². The van der Waals surface area contributed by atoms with E-state index < -0.39 is 17.2 Å². The van der Waals surface area contributed by atoms with Crippen LogP contribution in [0.15, 0.2) is 60.0 Å². The van der Waals surface area contributed by atoms with Crippen LogP contribution in [0.2, 0.25) is 0 Å². The van der Waals surface area contributed by atoms with E-state index in [1.165, 1.54) is 37.1 Å². The van der Waals surface area contributed by atoms with Gasteiger partial charge in [-0.1, -0.05) is 6.58 Å². The van der Waals surface area contributed by atoms with Crippen LogP contribution in [0, 0.1) is 11.6 Å². The number of aryl methyl sites for hydroxylation is 1. The molecular formula is C28H26F2N6O4. The Morgan fingerprint density at radius 2 is 1.85 bits per heavy atom. The van der Waals surface area contributed by atoms with Crippen LogP contribution >= 0.6 is 0 Å². The maximum Gasteiger partial charge on any atom is 0.294 e. The lowest BCUT2D eigenvalue weighted by Crippen LogP contribution is -2.21. The number of hydrogen-bond acceptors (Lipinski definition) is 8. The summed E-state index contributed by atoms with van der Waals surface area (Å²) < 4.78 is 39.6. The first-order valence-electron chi connectivity index (χ1n) is 12.4. The summed E-state index contributed by atoms with van der Waals surface area (Å²) in [5.74, 6) is -1.86. The topological polar surface area (TPSA) is 111 Å². The van der Waals surface area contributed by atoms with Gasteiger partial charge in [-0.05, 0) is 43.2 Å². The minimum Gasteiger partial charge on any atom is -0.494 e. The third kappa shape index (κ3) is 5.28. The van der Waals surface area contributed by atoms with E-state index >= 15 is 0 Å². The van der Waals surface area contributed by atoms with Crippen LogP contribution in [0.5, 0.6) is 17.2 Å². The fourth-order valence-corrected chi connectivity index (χ4v) is 4.49. The van der Waals surface area contributed by atoms with Gasteiger partial charge in [-0.2, -0.15) is 4.98 Å². The van der Waals surface area contributed by atoms with Crippen molar-refractivity contribution in [3.05, 3.63) is 77.2 Å². The smallest absolute Gasteiger partial charge is 0.294 e. The summed E-state index contributed by atoms with van der Waals surface area (Å²) in [6.45, 7) is 5.24. The van der Waals surface area contributed by atoms with Gasteiger partial charge in [-0.3, -0.25) is 14.2 Å². The highest BCUT2D eigenvalue weighted by Crippen LogP contribution is 2.39. The van der Waals surface area contributed by atoms with Crippen molar-refractivity contribution < 1.29 is 23.0 Å². The standard InChI is InChI=1S/C28H26F2N6O4/c1-4-25(37)32-19-13-20(23(39-3)14-21(19)36-9-5-6-10-36)33-28-31-15-16-11-24(27(38)35(2)26(16)34-28)40-22-8-7-17(29)12-18(22)30/h4,7-8,11-15H,1,5-6,9-10H2,2-3H3,(H,32,37)(H,31,33,34). The van der Waals surface area contributed by atoms with Crippen LogP contribution in [-0.4, -0.2) is 40.6 Å². The second-order valence-corrected chi connectivity index (χ2v) is 9.10. The second-order valence-electron chi connectivity index (χ2n) is 9.10. The molecule has 2 aromatic carbocycles. The van der Waals surface area contributed by atoms with E-state index in [0.717, 1.165) is 43.8 Å². The molecule has 4 aromatic rings. The van der Waals surface area contributed by atoms with Crippen molar-refractivity contribution in [1.82, 2.24) is 14.5 Å². The Labute approximate surface area is 227 Å². The first kappa shape index (κ1) is 26.6. The molecule has 0 atom stereocenters. The number of halogens is 2. The molecule has 0 aliphatic carbocycles. The number of rotatable bonds is 8. The third-order valence-electron chi connectivity index (χ3n) is 6.48. The molecule has 10 nitrogen and oxygen atoms in total. The molecule has 0 unspecified atom stereocenters. The van der Waals surface area contributed by atoms with Crippen molar-refractivity contribution in [2.45, 2.75) is 12.8 Å². The predicted octanol–water partition coefficient (Wildman–Crippen LogP) is 4.88. The van der Waals surface area contributed by atoms with Crippen LogP contribution in [0.3, 0.4) is 0 Å². The van der Waals surface area contributed by atoms with Crippen molar-refractivity contribution in [3.63, 3.8) is 0 Å². The monoisotopic (exact) mass is 548 g/mol. The summed E-state index contributed by atoms with van der Waals surface area (Å²) in [6.07, 6.45) is 4.77. The summed E-state index contributed by atoms with van der Waals surface area (Å²) in [6, 6.07) is 7.76. The molecule has 1 aliphatic heterocycles. The Hall–Kier alpha value is -5.00. The summed E-state index contributed by atoms with van der Waals surface area (Å²) in [7, 11) is 3.02. The van der Waals surface area contributed by atoms with Crippen LogP contribution in [-0.2, 0) is 11.8 Å². The largest absolute Gasteiger partial charge is 0.494 e. The number of carbonyl (C=O) groups excluding carboxylic acids is 1. The maximum absolute atomic E-state index is 14.1. The zero-order valence-corrected chi connectivity index (χ0v) is 21.8. The highest BCUT2D eigenvalue weighted by molar-refractivity contribution is 6.02. The molecular weight excluding hydrogens is 522 g/mol. The van der Waals surface area contributed by atoms with Crippen molar-refractivity contribution in [3.8, 4) is 17.2 Å². The minimum absolute atomic E-state index is 0.161. The Bertz CT molecular complexity index is 1680. The number of anilines is 4. The van der Waals surface area contributed by atoms with Crippen LogP contribution < -0.4 is 30.6 Å². The van der Waals surface area contributed by atoms with Crippen molar-refractivity contribution in [2.24, 2.45) is 7.05 Å². The Balaban J connectivity index is 1.50. The normalized spacial score (nSPS) is 12.8. The molecule has 1 aliphatic rings. The molecule has 0 saturated carbocycles. The fourth-order valence-electron chi connectivity index (χ4n) is 4.49. The van der Waals surface area contributed by atoms with Crippen molar-refractivity contribution in [2.75, 3.05) is 35.7 Å². The van der Waals surface area contributed by atoms with Gasteiger partial charge >= 0.3 is 0 Å². The van der Waals surface area contributed by atoms with E-state index in [2.05, 4.69) is 32.1 Å². The number of nitrogens with zero attached hydrogens (tertiary/aromatic N) is 4. The van der Waals surface area contributed by atoms with Crippen molar-refractivity contribution in [1.29, 1.82) is 0 Å². The third-order valence-corrected chi connectivity index (χ3v) is 6.48. The summed E-state index contributed by atoms with van der Waals surface area (Å²) in [5, 5.41) is 6.40. The molecule has 40 heavy (non-hydrogen) atoms. The number of nitrogens with one attached hydrogen (secondary N) is 2. The molecule has 5 rings (SSSR count). The average Bonchev–Trinajstić information content (AvgIpc) is 3.48. The van der Waals surface area contributed by atoms with Gasteiger partial charge in [-0.25, -0.2) is 13.8 Å². The van der Waals surface area contributed by atoms with E-state index in [1.807, 2.05) is 6.07 Å². The quantitative estimate of drug-likeness (QED) is 0.300. The van der Waals surface area contributed by atoms with E-state index in [0.29, 0.717) is 28.6 Å². The molecule has 0 radical (unpaired) electrons. The Morgan fingerprint density at radius 3 is 2.55 bits per heavy atom. The summed E-state index contributed by atoms with van der Waals surface area (Å²) in [5.41, 5.74) is 1.58. The molecule has 1 amide bonds. The Kier molecular flexibility index (Phi) is 7.32. The van der Waals surface area contributed by atoms with E-state index in [-0.39, 0.29) is 29.0 Å². The number of benzene rings is 2. The number of carbonyl (C=O) groups is 1. The fraction of sp³-hybridized carbons (Fsp3) is 0.214. The van der Waals surface area contributed by atoms with Crippen LogP contribution in [0.1, 0.15) is 12.8 Å². The first-order chi connectivity index (χ1) is 19.3. The number of amides is 1. The number of aromatic nitrogens is 3. The molecule has 3 heterocycles. The number of ether oxygens (including phenoxy) is 2. The van der Waals surface area contributed by atoms with Gasteiger partial charge in [0.2, 0.25) is 11.9 Å². The molecule has 0 bridgehead atoms. The lowest BCUT2D eigenvalue weighted by atomic mass is 10.2. The first-order valence-corrected chi connectivity index (χ1v) is 12.4.